The Hall–Kier alpha value is -3.27. The number of rotatable bonds is 2. The lowest BCUT2D eigenvalue weighted by atomic mass is 10.0. The van der Waals surface area contributed by atoms with Gasteiger partial charge in [0.15, 0.2) is 10.9 Å². The minimum absolute atomic E-state index is 0.0786. The van der Waals surface area contributed by atoms with Crippen molar-refractivity contribution in [1.29, 1.82) is 0 Å². The molecule has 0 atom stereocenters. The molecule has 0 fully saturated rings. The van der Waals surface area contributed by atoms with Crippen LogP contribution < -0.4 is 15.6 Å². The fourth-order valence-corrected chi connectivity index (χ4v) is 5.19. The average Bonchev–Trinajstić information content (AvgIpc) is 2.75. The number of aromatic hydroxyl groups is 1. The highest BCUT2D eigenvalue weighted by Gasteiger charge is 2.17. The van der Waals surface area contributed by atoms with Gasteiger partial charge >= 0.3 is 0 Å². The van der Waals surface area contributed by atoms with Crippen LogP contribution in [0.2, 0.25) is 0 Å². The predicted molar refractivity (Wildman–Crippen MR) is 131 cm³/mol. The first kappa shape index (κ1) is 21.9. The van der Waals surface area contributed by atoms with Gasteiger partial charge in [-0.1, -0.05) is 43.3 Å². The van der Waals surface area contributed by atoms with E-state index in [0.29, 0.717) is 22.8 Å². The van der Waals surface area contributed by atoms with Crippen LogP contribution in [0.5, 0.6) is 5.75 Å². The van der Waals surface area contributed by atoms with Crippen LogP contribution in [0.25, 0.3) is 42.0 Å². The fraction of sp³-hybridized carbons (Fsp3) is 0.130. The van der Waals surface area contributed by atoms with E-state index < -0.39 is 10.0 Å². The van der Waals surface area contributed by atoms with Gasteiger partial charge in [0.25, 0.3) is 0 Å². The van der Waals surface area contributed by atoms with E-state index in [9.17, 15) is 23.1 Å². The third-order valence-electron chi connectivity index (χ3n) is 4.91. The second-order valence-corrected chi connectivity index (χ2v) is 10.1. The monoisotopic (exact) mass is 468 g/mol. The summed E-state index contributed by atoms with van der Waals surface area (Å²) in [6.45, 7) is 2.21. The largest absolute Gasteiger partial charge is 0.507 e. The molecule has 0 aliphatic heterocycles. The number of aromatic amines is 1. The van der Waals surface area contributed by atoms with Crippen molar-refractivity contribution in [1.82, 2.24) is 9.71 Å². The number of H-pyrrole nitrogens is 1. The van der Waals surface area contributed by atoms with Gasteiger partial charge in [-0.3, -0.25) is 9.59 Å². The molecular formula is C23H20N2O5S2. The van der Waals surface area contributed by atoms with Crippen LogP contribution in [0.3, 0.4) is 0 Å². The van der Waals surface area contributed by atoms with Crippen molar-refractivity contribution >= 4 is 63.3 Å². The summed E-state index contributed by atoms with van der Waals surface area (Å²) in [5, 5.41) is 11.5. The normalized spacial score (nSPS) is 11.7. The number of fused-ring (bicyclic) bond motifs is 5. The number of para-hydroxylation sites is 1. The second kappa shape index (κ2) is 8.34. The van der Waals surface area contributed by atoms with E-state index >= 15 is 0 Å². The Kier molecular flexibility index (Phi) is 5.72. The Balaban J connectivity index is 0.000000307. The quantitative estimate of drug-likeness (QED) is 0.270. The molecule has 4 aromatic carbocycles. The van der Waals surface area contributed by atoms with Crippen LogP contribution >= 0.6 is 11.3 Å². The molecule has 0 radical (unpaired) electrons. The zero-order valence-electron chi connectivity index (χ0n) is 17.3. The van der Waals surface area contributed by atoms with E-state index in [0.717, 1.165) is 21.2 Å². The van der Waals surface area contributed by atoms with Gasteiger partial charge in [0.1, 0.15) is 5.75 Å². The van der Waals surface area contributed by atoms with E-state index in [1.807, 2.05) is 24.3 Å². The number of nitrogens with one attached hydrogen (secondary N) is 2. The van der Waals surface area contributed by atoms with E-state index in [-0.39, 0.29) is 27.4 Å². The lowest BCUT2D eigenvalue weighted by molar-refractivity contribution is 0.482. The minimum Gasteiger partial charge on any atom is -0.507 e. The zero-order chi connectivity index (χ0) is 23.0. The molecule has 32 heavy (non-hydrogen) atoms. The Bertz CT molecular complexity index is 1720. The molecule has 3 N–H and O–H groups in total. The second-order valence-electron chi connectivity index (χ2n) is 7.22. The molecule has 0 bridgehead atoms. The van der Waals surface area contributed by atoms with Gasteiger partial charge in [0, 0.05) is 23.4 Å². The lowest BCUT2D eigenvalue weighted by Crippen LogP contribution is -2.20. The van der Waals surface area contributed by atoms with Crippen molar-refractivity contribution in [2.75, 3.05) is 12.8 Å². The van der Waals surface area contributed by atoms with Crippen LogP contribution in [0, 0.1) is 0 Å². The summed E-state index contributed by atoms with van der Waals surface area (Å²) in [5.74, 6) is -0.157. The molecular weight excluding hydrogens is 448 g/mol. The van der Waals surface area contributed by atoms with Crippen molar-refractivity contribution in [2.24, 2.45) is 0 Å². The summed E-state index contributed by atoms with van der Waals surface area (Å²) in [6.07, 6.45) is 1.14. The Labute approximate surface area is 187 Å². The highest BCUT2D eigenvalue weighted by Crippen LogP contribution is 2.34. The van der Waals surface area contributed by atoms with E-state index in [1.54, 1.807) is 37.3 Å². The third kappa shape index (κ3) is 3.97. The number of aromatic nitrogens is 1. The van der Waals surface area contributed by atoms with Gasteiger partial charge < -0.3 is 10.1 Å². The van der Waals surface area contributed by atoms with Crippen LogP contribution in [-0.4, -0.2) is 31.3 Å². The summed E-state index contributed by atoms with van der Waals surface area (Å²) >= 11 is 1.47. The van der Waals surface area contributed by atoms with Gasteiger partial charge in [-0.05, 0) is 12.1 Å². The molecule has 1 heterocycles. The third-order valence-corrected chi connectivity index (χ3v) is 6.84. The molecule has 5 aromatic rings. The number of phenols is 1. The number of phenolic OH excluding ortho intramolecular Hbond substituents is 1. The molecule has 1 aromatic heterocycles. The summed E-state index contributed by atoms with van der Waals surface area (Å²) in [5.41, 5.74) is 0.900. The molecule has 0 amide bonds. The summed E-state index contributed by atoms with van der Waals surface area (Å²) in [6, 6.07) is 16.0. The summed E-state index contributed by atoms with van der Waals surface area (Å²) < 4.78 is 24.2. The molecule has 0 saturated carbocycles. The first-order chi connectivity index (χ1) is 15.2. The molecule has 9 heteroatoms. The molecule has 0 spiro atoms. The van der Waals surface area contributed by atoms with E-state index in [2.05, 4.69) is 9.71 Å². The zero-order valence-corrected chi connectivity index (χ0v) is 18.9. The molecule has 0 saturated heterocycles. The number of hydrogen-bond acceptors (Lipinski definition) is 6. The van der Waals surface area contributed by atoms with Gasteiger partial charge in [0.05, 0.1) is 37.5 Å². The maximum absolute atomic E-state index is 13.1. The van der Waals surface area contributed by atoms with Gasteiger partial charge in [-0.2, -0.15) is 0 Å². The smallest absolute Gasteiger partial charge is 0.208 e. The summed E-state index contributed by atoms with van der Waals surface area (Å²) in [4.78, 5) is 29.2. The molecule has 7 nitrogen and oxygen atoms in total. The molecule has 5 rings (SSSR count). The SMILES string of the molecule is CCNS(C)(=O)=O.O=c1c2ccccc2c(=O)c2c1c(O)cc1sc3ccccc3[nH]c12. The molecule has 0 aliphatic carbocycles. The lowest BCUT2D eigenvalue weighted by Gasteiger charge is -2.08. The maximum Gasteiger partial charge on any atom is 0.208 e. The molecule has 0 unspecified atom stereocenters. The molecule has 0 aliphatic rings. The summed E-state index contributed by atoms with van der Waals surface area (Å²) in [7, 11) is -2.92. The fourth-order valence-electron chi connectivity index (χ4n) is 3.63. The minimum atomic E-state index is -2.92. The van der Waals surface area contributed by atoms with Gasteiger partial charge in [-0.15, -0.1) is 11.3 Å². The number of sulfonamides is 1. The number of benzene rings is 4. The predicted octanol–water partition coefficient (Wildman–Crippen LogP) is 3.67. The van der Waals surface area contributed by atoms with Crippen molar-refractivity contribution in [3.05, 3.63) is 75.0 Å². The van der Waals surface area contributed by atoms with Crippen LogP contribution in [-0.2, 0) is 10.0 Å². The van der Waals surface area contributed by atoms with E-state index in [1.165, 1.54) is 11.3 Å². The topological polar surface area (TPSA) is 116 Å². The number of hydrogen-bond donors (Lipinski definition) is 3. The van der Waals surface area contributed by atoms with Crippen molar-refractivity contribution in [3.8, 4) is 5.75 Å². The Morgan fingerprint density at radius 2 is 1.53 bits per heavy atom. The van der Waals surface area contributed by atoms with E-state index in [4.69, 9.17) is 0 Å². The van der Waals surface area contributed by atoms with Crippen LogP contribution in [0.4, 0.5) is 0 Å². The highest BCUT2D eigenvalue weighted by molar-refractivity contribution is 7.88. The van der Waals surface area contributed by atoms with Gasteiger partial charge in [-0.25, -0.2) is 13.1 Å². The van der Waals surface area contributed by atoms with Crippen molar-refractivity contribution in [2.45, 2.75) is 6.92 Å². The van der Waals surface area contributed by atoms with Crippen LogP contribution in [0.1, 0.15) is 6.92 Å². The van der Waals surface area contributed by atoms with Crippen molar-refractivity contribution < 1.29 is 13.5 Å². The average molecular weight is 469 g/mol. The highest BCUT2D eigenvalue weighted by atomic mass is 32.2. The first-order valence-corrected chi connectivity index (χ1v) is 12.5. The Morgan fingerprint density at radius 1 is 0.938 bits per heavy atom. The standard InChI is InChI=1S/C20H11NO3S.C3H9NO2S/c22-13-9-15-18(21-12-7-3-4-8-14(12)25-15)17-16(13)19(23)10-5-1-2-6-11(10)20(17)24;1-3-4-7(2,5)6/h1-9,21-22H;4H,3H2,1-2H3. The van der Waals surface area contributed by atoms with Crippen molar-refractivity contribution in [3.63, 3.8) is 0 Å². The van der Waals surface area contributed by atoms with Gasteiger partial charge in [0.2, 0.25) is 10.0 Å². The first-order valence-electron chi connectivity index (χ1n) is 9.78. The maximum atomic E-state index is 13.1. The van der Waals surface area contributed by atoms with Crippen LogP contribution in [0.15, 0.2) is 64.2 Å². The Morgan fingerprint density at radius 3 is 2.12 bits per heavy atom. The molecule has 164 valence electrons.